The lowest BCUT2D eigenvalue weighted by Gasteiger charge is -2.21. The lowest BCUT2D eigenvalue weighted by atomic mass is 9.87. The number of nitrogens with zero attached hydrogens (tertiary/aromatic N) is 2. The maximum atomic E-state index is 5.68. The van der Waals surface area contributed by atoms with E-state index in [1.165, 1.54) is 38.5 Å². The molecule has 0 saturated heterocycles. The number of hydrogen-bond acceptors (Lipinski definition) is 4. The Balaban J connectivity index is 1.77. The van der Waals surface area contributed by atoms with E-state index < -0.39 is 0 Å². The molecule has 0 atom stereocenters. The average molecular weight is 234 g/mol. The fraction of sp³-hybridized carbons (Fsp3) is 0.692. The van der Waals surface area contributed by atoms with Crippen LogP contribution in [0.4, 0.5) is 11.6 Å². The first-order valence-electron chi connectivity index (χ1n) is 6.59. The van der Waals surface area contributed by atoms with Gasteiger partial charge in [-0.15, -0.1) is 0 Å². The van der Waals surface area contributed by atoms with Gasteiger partial charge in [-0.05, 0) is 19.3 Å². The molecular weight excluding hydrogens is 212 g/mol. The molecule has 0 aliphatic heterocycles. The number of aromatic nitrogens is 2. The molecule has 94 valence electrons. The average Bonchev–Trinajstić information content (AvgIpc) is 2.29. The van der Waals surface area contributed by atoms with Crippen LogP contribution in [-0.4, -0.2) is 16.5 Å². The van der Waals surface area contributed by atoms with Gasteiger partial charge in [0.2, 0.25) is 0 Å². The minimum absolute atomic E-state index is 0.540. The number of nitrogens with one attached hydrogen (secondary N) is 1. The smallest absolute Gasteiger partial charge is 0.131 e. The van der Waals surface area contributed by atoms with Gasteiger partial charge in [-0.25, -0.2) is 9.97 Å². The van der Waals surface area contributed by atoms with Crippen molar-refractivity contribution in [2.24, 2.45) is 5.92 Å². The molecule has 0 radical (unpaired) electrons. The SMILES string of the molecule is Cc1nc(N)cc(NCCC2CCCCC2)n1. The summed E-state index contributed by atoms with van der Waals surface area (Å²) in [6.07, 6.45) is 8.27. The molecule has 1 aliphatic carbocycles. The van der Waals surface area contributed by atoms with E-state index >= 15 is 0 Å². The molecule has 4 nitrogen and oxygen atoms in total. The molecule has 1 aromatic rings. The Kier molecular flexibility index (Phi) is 4.18. The van der Waals surface area contributed by atoms with E-state index in [-0.39, 0.29) is 0 Å². The Morgan fingerprint density at radius 2 is 2.06 bits per heavy atom. The number of rotatable bonds is 4. The van der Waals surface area contributed by atoms with Crippen LogP contribution in [-0.2, 0) is 0 Å². The van der Waals surface area contributed by atoms with Crippen molar-refractivity contribution >= 4 is 11.6 Å². The van der Waals surface area contributed by atoms with Gasteiger partial charge in [0.05, 0.1) is 0 Å². The minimum atomic E-state index is 0.540. The third-order valence-corrected chi connectivity index (χ3v) is 3.44. The topological polar surface area (TPSA) is 63.8 Å². The van der Waals surface area contributed by atoms with Crippen molar-refractivity contribution in [2.75, 3.05) is 17.6 Å². The lowest BCUT2D eigenvalue weighted by molar-refractivity contribution is 0.345. The van der Waals surface area contributed by atoms with E-state index in [4.69, 9.17) is 5.73 Å². The van der Waals surface area contributed by atoms with Gasteiger partial charge in [0, 0.05) is 12.6 Å². The highest BCUT2D eigenvalue weighted by Gasteiger charge is 2.12. The summed E-state index contributed by atoms with van der Waals surface area (Å²) in [5.74, 6) is 3.02. The molecule has 0 bridgehead atoms. The van der Waals surface area contributed by atoms with Crippen LogP contribution in [0.2, 0.25) is 0 Å². The highest BCUT2D eigenvalue weighted by atomic mass is 15.0. The van der Waals surface area contributed by atoms with Crippen LogP contribution in [0.3, 0.4) is 0 Å². The first-order valence-corrected chi connectivity index (χ1v) is 6.59. The second-order valence-electron chi connectivity index (χ2n) is 4.94. The largest absolute Gasteiger partial charge is 0.384 e. The van der Waals surface area contributed by atoms with Crippen LogP contribution in [0.5, 0.6) is 0 Å². The predicted molar refractivity (Wildman–Crippen MR) is 70.9 cm³/mol. The predicted octanol–water partition coefficient (Wildman–Crippen LogP) is 2.75. The highest BCUT2D eigenvalue weighted by molar-refractivity contribution is 5.44. The summed E-state index contributed by atoms with van der Waals surface area (Å²) in [5, 5.41) is 3.34. The minimum Gasteiger partial charge on any atom is -0.384 e. The molecule has 1 saturated carbocycles. The highest BCUT2D eigenvalue weighted by Crippen LogP contribution is 2.26. The number of anilines is 2. The van der Waals surface area contributed by atoms with E-state index in [0.717, 1.165) is 24.1 Å². The first kappa shape index (κ1) is 12.1. The number of hydrogen-bond donors (Lipinski definition) is 2. The quantitative estimate of drug-likeness (QED) is 0.840. The Labute approximate surface area is 103 Å². The number of nitrogens with two attached hydrogens (primary N) is 1. The van der Waals surface area contributed by atoms with Crippen molar-refractivity contribution in [1.29, 1.82) is 0 Å². The van der Waals surface area contributed by atoms with Crippen LogP contribution in [0.25, 0.3) is 0 Å². The molecule has 0 amide bonds. The zero-order chi connectivity index (χ0) is 12.1. The molecule has 3 N–H and O–H groups in total. The summed E-state index contributed by atoms with van der Waals surface area (Å²) in [6, 6.07) is 1.80. The van der Waals surface area contributed by atoms with Gasteiger partial charge in [0.15, 0.2) is 0 Å². The standard InChI is InChI=1S/C13H22N4/c1-10-16-12(14)9-13(17-10)15-8-7-11-5-3-2-4-6-11/h9,11H,2-8H2,1H3,(H3,14,15,16,17). The number of nitrogen functional groups attached to an aromatic ring is 1. The van der Waals surface area contributed by atoms with E-state index in [1.807, 2.05) is 6.92 Å². The summed E-state index contributed by atoms with van der Waals surface area (Å²) in [5.41, 5.74) is 5.68. The van der Waals surface area contributed by atoms with Crippen LogP contribution in [0.15, 0.2) is 6.07 Å². The summed E-state index contributed by atoms with van der Waals surface area (Å²) in [7, 11) is 0. The van der Waals surface area contributed by atoms with Crippen molar-refractivity contribution in [2.45, 2.75) is 45.4 Å². The van der Waals surface area contributed by atoms with Gasteiger partial charge in [0.1, 0.15) is 17.5 Å². The van der Waals surface area contributed by atoms with Crippen LogP contribution in [0.1, 0.15) is 44.3 Å². The maximum absolute atomic E-state index is 5.68. The molecule has 17 heavy (non-hydrogen) atoms. The van der Waals surface area contributed by atoms with Gasteiger partial charge in [-0.2, -0.15) is 0 Å². The van der Waals surface area contributed by atoms with Gasteiger partial charge in [0.25, 0.3) is 0 Å². The molecule has 2 rings (SSSR count). The van der Waals surface area contributed by atoms with Crippen molar-refractivity contribution in [1.82, 2.24) is 9.97 Å². The molecule has 1 heterocycles. The zero-order valence-corrected chi connectivity index (χ0v) is 10.6. The second-order valence-corrected chi connectivity index (χ2v) is 4.94. The monoisotopic (exact) mass is 234 g/mol. The summed E-state index contributed by atoms with van der Waals surface area (Å²) >= 11 is 0. The molecule has 0 unspecified atom stereocenters. The number of aryl methyl sites for hydroxylation is 1. The van der Waals surface area contributed by atoms with Crippen molar-refractivity contribution in [3.05, 3.63) is 11.9 Å². The lowest BCUT2D eigenvalue weighted by Crippen LogP contribution is -2.13. The van der Waals surface area contributed by atoms with E-state index in [2.05, 4.69) is 15.3 Å². The van der Waals surface area contributed by atoms with Gasteiger partial charge >= 0.3 is 0 Å². The van der Waals surface area contributed by atoms with Gasteiger partial charge < -0.3 is 11.1 Å². The zero-order valence-electron chi connectivity index (χ0n) is 10.6. The van der Waals surface area contributed by atoms with E-state index in [0.29, 0.717) is 5.82 Å². The molecule has 1 aromatic heterocycles. The van der Waals surface area contributed by atoms with Gasteiger partial charge in [-0.1, -0.05) is 32.1 Å². The Morgan fingerprint density at radius 1 is 1.29 bits per heavy atom. The van der Waals surface area contributed by atoms with E-state index in [1.54, 1.807) is 6.07 Å². The fourth-order valence-corrected chi connectivity index (χ4v) is 2.56. The third-order valence-electron chi connectivity index (χ3n) is 3.44. The van der Waals surface area contributed by atoms with Crippen LogP contribution < -0.4 is 11.1 Å². The fourth-order valence-electron chi connectivity index (χ4n) is 2.56. The third kappa shape index (κ3) is 3.88. The normalized spacial score (nSPS) is 17.0. The molecule has 0 aromatic carbocycles. The Hall–Kier alpha value is -1.32. The van der Waals surface area contributed by atoms with Crippen molar-refractivity contribution < 1.29 is 0 Å². The van der Waals surface area contributed by atoms with Crippen molar-refractivity contribution in [3.8, 4) is 0 Å². The molecule has 1 aliphatic rings. The van der Waals surface area contributed by atoms with E-state index in [9.17, 15) is 0 Å². The Morgan fingerprint density at radius 3 is 2.76 bits per heavy atom. The van der Waals surface area contributed by atoms with Gasteiger partial charge in [-0.3, -0.25) is 0 Å². The molecule has 4 heteroatoms. The maximum Gasteiger partial charge on any atom is 0.131 e. The Bertz CT molecular complexity index is 338. The second kappa shape index (κ2) is 5.84. The first-order chi connectivity index (χ1) is 8.24. The van der Waals surface area contributed by atoms with Crippen LogP contribution >= 0.6 is 0 Å². The molecule has 0 spiro atoms. The summed E-state index contributed by atoms with van der Waals surface area (Å²) in [4.78, 5) is 8.37. The van der Waals surface area contributed by atoms with Crippen molar-refractivity contribution in [3.63, 3.8) is 0 Å². The molecule has 1 fully saturated rings. The summed E-state index contributed by atoms with van der Waals surface area (Å²) in [6.45, 7) is 2.85. The molecular formula is C13H22N4. The summed E-state index contributed by atoms with van der Waals surface area (Å²) < 4.78 is 0. The van der Waals surface area contributed by atoms with Crippen LogP contribution in [0, 0.1) is 12.8 Å².